The van der Waals surface area contributed by atoms with E-state index in [4.69, 9.17) is 28.4 Å². The van der Waals surface area contributed by atoms with E-state index in [0.29, 0.717) is 34.5 Å². The van der Waals surface area contributed by atoms with E-state index in [1.165, 1.54) is 0 Å². The lowest BCUT2D eigenvalue weighted by molar-refractivity contribution is 0.127. The Hall–Kier alpha value is -2.01. The molecular formula is C26H42Cl3N3O6. The van der Waals surface area contributed by atoms with Crippen molar-refractivity contribution < 1.29 is 28.4 Å². The first kappa shape index (κ1) is 36.0. The number of hydrogen-bond acceptors (Lipinski definition) is 9. The van der Waals surface area contributed by atoms with Gasteiger partial charge in [0.25, 0.3) is 0 Å². The third-order valence-electron chi connectivity index (χ3n) is 6.25. The maximum Gasteiger partial charge on any atom is 0.203 e. The highest BCUT2D eigenvalue weighted by atomic mass is 35.5. The summed E-state index contributed by atoms with van der Waals surface area (Å²) >= 11 is 0. The van der Waals surface area contributed by atoms with Crippen molar-refractivity contribution in [3.8, 4) is 34.5 Å². The minimum atomic E-state index is 0. The van der Waals surface area contributed by atoms with E-state index in [9.17, 15) is 0 Å². The molecule has 0 amide bonds. The summed E-state index contributed by atoms with van der Waals surface area (Å²) in [6, 6.07) is 8.02. The van der Waals surface area contributed by atoms with Crippen LogP contribution in [0.15, 0.2) is 24.3 Å². The molecule has 0 aliphatic carbocycles. The second-order valence-electron chi connectivity index (χ2n) is 8.36. The highest BCUT2D eigenvalue weighted by Gasteiger charge is 2.19. The highest BCUT2D eigenvalue weighted by Crippen LogP contribution is 2.39. The van der Waals surface area contributed by atoms with Crippen LogP contribution in [0.3, 0.4) is 0 Å². The predicted molar refractivity (Wildman–Crippen MR) is 157 cm³/mol. The third-order valence-corrected chi connectivity index (χ3v) is 6.25. The summed E-state index contributed by atoms with van der Waals surface area (Å²) in [5, 5.41) is 3.53. The van der Waals surface area contributed by atoms with Crippen molar-refractivity contribution >= 4 is 37.2 Å². The van der Waals surface area contributed by atoms with Gasteiger partial charge >= 0.3 is 0 Å². The maximum absolute atomic E-state index is 5.49. The van der Waals surface area contributed by atoms with Gasteiger partial charge in [0.15, 0.2) is 23.0 Å². The molecule has 1 fully saturated rings. The summed E-state index contributed by atoms with van der Waals surface area (Å²) in [6.45, 7) is 7.60. The lowest BCUT2D eigenvalue weighted by Crippen LogP contribution is -2.47. The van der Waals surface area contributed by atoms with Gasteiger partial charge in [-0.3, -0.25) is 9.80 Å². The van der Waals surface area contributed by atoms with E-state index in [2.05, 4.69) is 15.1 Å². The van der Waals surface area contributed by atoms with Crippen LogP contribution in [0.2, 0.25) is 0 Å². The van der Waals surface area contributed by atoms with Crippen molar-refractivity contribution in [1.29, 1.82) is 0 Å². The normalized spacial score (nSPS) is 13.3. The first-order chi connectivity index (χ1) is 17.1. The number of rotatable bonds is 13. The molecule has 2 aromatic carbocycles. The Kier molecular flexibility index (Phi) is 17.3. The Morgan fingerprint density at radius 3 is 1.37 bits per heavy atom. The topological polar surface area (TPSA) is 73.9 Å². The van der Waals surface area contributed by atoms with E-state index in [0.717, 1.165) is 63.5 Å². The number of benzene rings is 2. The van der Waals surface area contributed by atoms with Crippen LogP contribution in [-0.2, 0) is 13.1 Å². The Labute approximate surface area is 245 Å². The summed E-state index contributed by atoms with van der Waals surface area (Å²) in [5.74, 6) is 3.97. The van der Waals surface area contributed by atoms with Crippen LogP contribution in [0.4, 0.5) is 0 Å². The quantitative estimate of drug-likeness (QED) is 0.346. The van der Waals surface area contributed by atoms with Crippen LogP contribution < -0.4 is 33.7 Å². The summed E-state index contributed by atoms with van der Waals surface area (Å²) in [5.41, 5.74) is 2.25. The smallest absolute Gasteiger partial charge is 0.203 e. The molecule has 0 bridgehead atoms. The van der Waals surface area contributed by atoms with Crippen LogP contribution in [0.25, 0.3) is 0 Å². The molecule has 1 aliphatic rings. The van der Waals surface area contributed by atoms with Crippen LogP contribution in [0, 0.1) is 0 Å². The molecule has 1 aliphatic heterocycles. The van der Waals surface area contributed by atoms with Crippen LogP contribution in [0.5, 0.6) is 34.5 Å². The number of nitrogens with zero attached hydrogens (tertiary/aromatic N) is 2. The zero-order chi connectivity index (χ0) is 25.2. The third kappa shape index (κ3) is 9.32. The highest BCUT2D eigenvalue weighted by molar-refractivity contribution is 5.86. The van der Waals surface area contributed by atoms with Crippen LogP contribution >= 0.6 is 37.2 Å². The standard InChI is InChI=1S/C26H39N3O6.3ClH/c1-30-21-13-19(14-22(31-2)25(21)34-5)17-27-7-8-28-9-11-29(12-10-28)18-20-15-23(32-3)26(35-6)24(16-20)33-4;;;/h13-16,27H,7-12,17-18H2,1-6H3;3*1H. The van der Waals surface area contributed by atoms with Gasteiger partial charge < -0.3 is 33.7 Å². The lowest BCUT2D eigenvalue weighted by Gasteiger charge is -2.34. The average Bonchev–Trinajstić information content (AvgIpc) is 2.90. The van der Waals surface area contributed by atoms with Gasteiger partial charge in [-0.25, -0.2) is 0 Å². The maximum atomic E-state index is 5.49. The second-order valence-corrected chi connectivity index (χ2v) is 8.36. The minimum Gasteiger partial charge on any atom is -0.493 e. The Balaban J connectivity index is 0.00000456. The van der Waals surface area contributed by atoms with Gasteiger partial charge in [-0.05, 0) is 35.4 Å². The number of hydrogen-bond donors (Lipinski definition) is 1. The molecule has 0 atom stereocenters. The molecule has 2 aromatic rings. The van der Waals surface area contributed by atoms with Crippen molar-refractivity contribution in [3.05, 3.63) is 35.4 Å². The molecule has 9 nitrogen and oxygen atoms in total. The van der Waals surface area contributed by atoms with Crippen molar-refractivity contribution in [2.45, 2.75) is 13.1 Å². The van der Waals surface area contributed by atoms with Gasteiger partial charge in [0.05, 0.1) is 42.7 Å². The predicted octanol–water partition coefficient (Wildman–Crippen LogP) is 3.91. The monoisotopic (exact) mass is 597 g/mol. The molecule has 0 unspecified atom stereocenters. The molecule has 38 heavy (non-hydrogen) atoms. The van der Waals surface area contributed by atoms with Gasteiger partial charge in [0, 0.05) is 52.4 Å². The number of nitrogens with one attached hydrogen (secondary N) is 1. The lowest BCUT2D eigenvalue weighted by atomic mass is 10.1. The molecular weight excluding hydrogens is 557 g/mol. The SMILES string of the molecule is COc1cc(CNCCN2CCN(Cc3cc(OC)c(OC)c(OC)c3)CC2)cc(OC)c1OC.Cl.Cl.Cl. The number of methoxy groups -OCH3 is 6. The molecule has 218 valence electrons. The molecule has 12 heteroatoms. The van der Waals surface area contributed by atoms with Gasteiger partial charge in [0.2, 0.25) is 11.5 Å². The average molecular weight is 599 g/mol. The molecule has 1 saturated heterocycles. The van der Waals surface area contributed by atoms with E-state index in [-0.39, 0.29) is 37.2 Å². The Bertz CT molecular complexity index is 909. The van der Waals surface area contributed by atoms with Gasteiger partial charge in [-0.15, -0.1) is 37.2 Å². The molecule has 0 spiro atoms. The molecule has 0 radical (unpaired) electrons. The number of piperazine rings is 1. The molecule has 3 rings (SSSR count). The van der Waals surface area contributed by atoms with Crippen molar-refractivity contribution in [2.24, 2.45) is 0 Å². The first-order valence-corrected chi connectivity index (χ1v) is 11.8. The first-order valence-electron chi connectivity index (χ1n) is 11.8. The molecule has 0 saturated carbocycles. The van der Waals surface area contributed by atoms with Crippen molar-refractivity contribution in [3.63, 3.8) is 0 Å². The molecule has 1 N–H and O–H groups in total. The fourth-order valence-corrected chi connectivity index (χ4v) is 4.36. The fourth-order valence-electron chi connectivity index (χ4n) is 4.36. The van der Waals surface area contributed by atoms with Gasteiger partial charge in [-0.2, -0.15) is 0 Å². The Morgan fingerprint density at radius 2 is 0.974 bits per heavy atom. The summed E-state index contributed by atoms with van der Waals surface area (Å²) in [6.07, 6.45) is 0. The fraction of sp³-hybridized carbons (Fsp3) is 0.538. The van der Waals surface area contributed by atoms with E-state index >= 15 is 0 Å². The van der Waals surface area contributed by atoms with E-state index in [1.807, 2.05) is 24.3 Å². The Morgan fingerprint density at radius 1 is 0.579 bits per heavy atom. The van der Waals surface area contributed by atoms with Crippen molar-refractivity contribution in [1.82, 2.24) is 15.1 Å². The second kappa shape index (κ2) is 18.3. The number of ether oxygens (including phenoxy) is 6. The van der Waals surface area contributed by atoms with E-state index in [1.54, 1.807) is 42.7 Å². The number of halogens is 3. The summed E-state index contributed by atoms with van der Waals surface area (Å²) < 4.78 is 32.7. The zero-order valence-electron chi connectivity index (χ0n) is 23.0. The largest absolute Gasteiger partial charge is 0.493 e. The van der Waals surface area contributed by atoms with Crippen LogP contribution in [0.1, 0.15) is 11.1 Å². The zero-order valence-corrected chi connectivity index (χ0v) is 25.5. The van der Waals surface area contributed by atoms with Gasteiger partial charge in [0.1, 0.15) is 0 Å². The van der Waals surface area contributed by atoms with Gasteiger partial charge in [-0.1, -0.05) is 0 Å². The molecule has 0 aromatic heterocycles. The van der Waals surface area contributed by atoms with Crippen molar-refractivity contribution in [2.75, 3.05) is 81.9 Å². The van der Waals surface area contributed by atoms with E-state index < -0.39 is 0 Å². The summed E-state index contributed by atoms with van der Waals surface area (Å²) in [4.78, 5) is 4.95. The molecule has 1 heterocycles. The minimum absolute atomic E-state index is 0. The van der Waals surface area contributed by atoms with Crippen LogP contribution in [-0.4, -0.2) is 91.7 Å². The summed E-state index contributed by atoms with van der Waals surface area (Å²) in [7, 11) is 9.80.